The van der Waals surface area contributed by atoms with Gasteiger partial charge in [-0.1, -0.05) is 0 Å². The van der Waals surface area contributed by atoms with Gasteiger partial charge in [0.2, 0.25) is 0 Å². The molecule has 0 amide bonds. The number of aromatic nitrogens is 2. The Labute approximate surface area is 121 Å². The first-order valence-electron chi connectivity index (χ1n) is 6.30. The highest BCUT2D eigenvalue weighted by Gasteiger charge is 2.14. The van der Waals surface area contributed by atoms with Crippen LogP contribution in [0.5, 0.6) is 0 Å². The third-order valence-electron chi connectivity index (χ3n) is 3.20. The molecule has 19 heavy (non-hydrogen) atoms. The van der Waals surface area contributed by atoms with Crippen LogP contribution in [-0.2, 0) is 11.3 Å². The largest absolute Gasteiger partial charge is 0.377 e. The van der Waals surface area contributed by atoms with E-state index in [2.05, 4.69) is 4.98 Å². The molecular weight excluding hydrogens is 280 g/mol. The normalized spacial score (nSPS) is 13.1. The Morgan fingerprint density at radius 1 is 1.47 bits per heavy atom. The third kappa shape index (κ3) is 2.66. The van der Waals surface area contributed by atoms with Crippen LogP contribution >= 0.6 is 23.6 Å². The highest BCUT2D eigenvalue weighted by atomic mass is 32.1. The zero-order valence-corrected chi connectivity index (χ0v) is 13.2. The number of nitrogens with one attached hydrogen (secondary N) is 1. The zero-order chi connectivity index (χ0) is 14.2. The average molecular weight is 298 g/mol. The van der Waals surface area contributed by atoms with Gasteiger partial charge >= 0.3 is 0 Å². The van der Waals surface area contributed by atoms with Gasteiger partial charge in [-0.05, 0) is 45.5 Å². The van der Waals surface area contributed by atoms with Crippen LogP contribution in [0.2, 0.25) is 0 Å². The molecule has 1 unspecified atom stereocenters. The Morgan fingerprint density at radius 3 is 2.79 bits per heavy atom. The van der Waals surface area contributed by atoms with Crippen molar-refractivity contribution < 1.29 is 4.74 Å². The van der Waals surface area contributed by atoms with E-state index in [-0.39, 0.29) is 11.7 Å². The molecule has 0 aliphatic heterocycles. The van der Waals surface area contributed by atoms with Crippen LogP contribution < -0.4 is 5.56 Å². The maximum absolute atomic E-state index is 12.6. The number of aromatic amines is 1. The second-order valence-electron chi connectivity index (χ2n) is 4.60. The van der Waals surface area contributed by atoms with Crippen molar-refractivity contribution in [1.29, 1.82) is 0 Å². The molecular formula is C13H18N2O2S2. The van der Waals surface area contributed by atoms with E-state index in [1.165, 1.54) is 0 Å². The van der Waals surface area contributed by atoms with Crippen molar-refractivity contribution in [1.82, 2.24) is 9.55 Å². The van der Waals surface area contributed by atoms with Crippen LogP contribution in [0.1, 0.15) is 24.3 Å². The van der Waals surface area contributed by atoms with E-state index in [1.54, 1.807) is 15.9 Å². The van der Waals surface area contributed by atoms with Gasteiger partial charge in [-0.2, -0.15) is 0 Å². The van der Waals surface area contributed by atoms with Crippen molar-refractivity contribution in [2.45, 2.75) is 40.3 Å². The lowest BCUT2D eigenvalue weighted by atomic mass is 10.2. The Bertz CT molecular complexity index is 712. The second-order valence-corrected chi connectivity index (χ2v) is 6.21. The monoisotopic (exact) mass is 298 g/mol. The maximum atomic E-state index is 12.6. The quantitative estimate of drug-likeness (QED) is 0.882. The number of ether oxygens (including phenoxy) is 1. The number of thiophene rings is 1. The summed E-state index contributed by atoms with van der Waals surface area (Å²) in [5, 5.41) is 0.750. The fraction of sp³-hybridized carbons (Fsp3) is 0.538. The molecule has 2 aromatic heterocycles. The van der Waals surface area contributed by atoms with Crippen molar-refractivity contribution in [2.24, 2.45) is 0 Å². The van der Waals surface area contributed by atoms with Crippen LogP contribution in [0, 0.1) is 18.6 Å². The molecule has 4 nitrogen and oxygen atoms in total. The molecule has 0 radical (unpaired) electrons. The third-order valence-corrected chi connectivity index (χ3v) is 4.65. The van der Waals surface area contributed by atoms with E-state index in [9.17, 15) is 4.79 Å². The maximum Gasteiger partial charge on any atom is 0.263 e. The van der Waals surface area contributed by atoms with Crippen LogP contribution in [0.15, 0.2) is 4.79 Å². The minimum absolute atomic E-state index is 0.0212. The molecule has 0 aliphatic rings. The van der Waals surface area contributed by atoms with Crippen molar-refractivity contribution in [2.75, 3.05) is 6.61 Å². The molecule has 0 saturated carbocycles. The summed E-state index contributed by atoms with van der Waals surface area (Å²) in [7, 11) is 0. The standard InChI is InChI=1S/C13H18N2O2S2/c1-5-17-7(2)6-15-12(16)10-8(3)9(4)19-11(10)14-13(15)18/h7H,5-6H2,1-4H3,(H,14,18). The zero-order valence-electron chi connectivity index (χ0n) is 11.6. The molecule has 1 N–H and O–H groups in total. The molecule has 0 aliphatic carbocycles. The first kappa shape index (κ1) is 14.4. The van der Waals surface area contributed by atoms with E-state index in [1.807, 2.05) is 27.7 Å². The fourth-order valence-corrected chi connectivity index (χ4v) is 3.50. The predicted octanol–water partition coefficient (Wildman–Crippen LogP) is 3.16. The second kappa shape index (κ2) is 5.56. The molecule has 0 bridgehead atoms. The van der Waals surface area contributed by atoms with Crippen LogP contribution in [0.25, 0.3) is 10.2 Å². The molecule has 0 saturated heterocycles. The van der Waals surface area contributed by atoms with E-state index in [0.29, 0.717) is 17.9 Å². The molecule has 0 aromatic carbocycles. The number of hydrogen-bond donors (Lipinski definition) is 1. The fourth-order valence-electron chi connectivity index (χ4n) is 2.12. The molecule has 2 aromatic rings. The lowest BCUT2D eigenvalue weighted by Crippen LogP contribution is -2.28. The average Bonchev–Trinajstić information content (AvgIpc) is 2.61. The van der Waals surface area contributed by atoms with Gasteiger partial charge < -0.3 is 9.72 Å². The summed E-state index contributed by atoms with van der Waals surface area (Å²) in [4.78, 5) is 17.7. The number of hydrogen-bond acceptors (Lipinski definition) is 4. The number of fused-ring (bicyclic) bond motifs is 1. The van der Waals surface area contributed by atoms with Crippen LogP contribution in [0.4, 0.5) is 0 Å². The highest BCUT2D eigenvalue weighted by molar-refractivity contribution is 7.71. The Morgan fingerprint density at radius 2 is 2.16 bits per heavy atom. The summed E-state index contributed by atoms with van der Waals surface area (Å²) in [5.41, 5.74) is 1.02. The Kier molecular flexibility index (Phi) is 4.23. The molecule has 0 spiro atoms. The predicted molar refractivity (Wildman–Crippen MR) is 81.8 cm³/mol. The van der Waals surface area contributed by atoms with Crippen molar-refractivity contribution in [3.8, 4) is 0 Å². The van der Waals surface area contributed by atoms with Gasteiger partial charge in [0.1, 0.15) is 4.83 Å². The number of nitrogens with zero attached hydrogens (tertiary/aromatic N) is 1. The van der Waals surface area contributed by atoms with Gasteiger partial charge in [0.15, 0.2) is 4.77 Å². The summed E-state index contributed by atoms with van der Waals surface area (Å²) in [6.07, 6.45) is -0.0321. The van der Waals surface area contributed by atoms with Crippen molar-refractivity contribution in [3.05, 3.63) is 25.6 Å². The summed E-state index contributed by atoms with van der Waals surface area (Å²) in [5.74, 6) is 0. The lowest BCUT2D eigenvalue weighted by molar-refractivity contribution is 0.0629. The van der Waals surface area contributed by atoms with E-state index < -0.39 is 0 Å². The SMILES string of the molecule is CCOC(C)Cn1c(=S)[nH]c2sc(C)c(C)c2c1=O. The molecule has 2 rings (SSSR count). The Hall–Kier alpha value is -0.980. The smallest absolute Gasteiger partial charge is 0.263 e. The first-order valence-corrected chi connectivity index (χ1v) is 7.52. The summed E-state index contributed by atoms with van der Waals surface area (Å²) < 4.78 is 7.54. The molecule has 2 heterocycles. The number of H-pyrrole nitrogens is 1. The first-order chi connectivity index (χ1) is 8.95. The van der Waals surface area contributed by atoms with Gasteiger partial charge in [0.25, 0.3) is 5.56 Å². The van der Waals surface area contributed by atoms with E-state index in [0.717, 1.165) is 20.7 Å². The van der Waals surface area contributed by atoms with Gasteiger partial charge in [-0.15, -0.1) is 11.3 Å². The van der Waals surface area contributed by atoms with Gasteiger partial charge in [0.05, 0.1) is 18.0 Å². The molecule has 1 atom stereocenters. The summed E-state index contributed by atoms with van der Waals surface area (Å²) >= 11 is 6.86. The summed E-state index contributed by atoms with van der Waals surface area (Å²) in [6.45, 7) is 8.99. The number of rotatable bonds is 4. The van der Waals surface area contributed by atoms with Gasteiger partial charge in [-0.3, -0.25) is 9.36 Å². The highest BCUT2D eigenvalue weighted by Crippen LogP contribution is 2.25. The minimum atomic E-state index is -0.0321. The summed E-state index contributed by atoms with van der Waals surface area (Å²) in [6, 6.07) is 0. The van der Waals surface area contributed by atoms with Gasteiger partial charge in [0, 0.05) is 11.5 Å². The topological polar surface area (TPSA) is 47.0 Å². The Balaban J connectivity index is 2.59. The van der Waals surface area contributed by atoms with E-state index in [4.69, 9.17) is 17.0 Å². The molecule has 6 heteroatoms. The van der Waals surface area contributed by atoms with E-state index >= 15 is 0 Å². The molecule has 104 valence electrons. The molecule has 0 fully saturated rings. The lowest BCUT2D eigenvalue weighted by Gasteiger charge is -2.13. The van der Waals surface area contributed by atoms with Gasteiger partial charge in [-0.25, -0.2) is 0 Å². The van der Waals surface area contributed by atoms with Crippen molar-refractivity contribution >= 4 is 33.8 Å². The number of aryl methyl sites for hydroxylation is 2. The van der Waals surface area contributed by atoms with Crippen LogP contribution in [-0.4, -0.2) is 22.3 Å². The van der Waals surface area contributed by atoms with Crippen molar-refractivity contribution in [3.63, 3.8) is 0 Å². The van der Waals surface area contributed by atoms with Crippen LogP contribution in [0.3, 0.4) is 0 Å². The minimum Gasteiger partial charge on any atom is -0.377 e.